The van der Waals surface area contributed by atoms with Crippen LogP contribution in [-0.4, -0.2) is 115 Å². The highest BCUT2D eigenvalue weighted by molar-refractivity contribution is 5.79. The highest BCUT2D eigenvalue weighted by Gasteiger charge is 2.68. The quantitative estimate of drug-likeness (QED) is 0.410. The maximum absolute atomic E-state index is 14.0. The molecule has 10 heterocycles. The molecule has 1 spiro atoms. The number of hydrogen-bond acceptors (Lipinski definition) is 11. The van der Waals surface area contributed by atoms with Crippen molar-refractivity contribution >= 4 is 5.78 Å². The molecule has 0 aromatic carbocycles. The molecule has 5 unspecified atom stereocenters. The largest absolute Gasteiger partial charge is 0.392 e. The van der Waals surface area contributed by atoms with Crippen LogP contribution < -0.4 is 5.73 Å². The lowest BCUT2D eigenvalue weighted by Gasteiger charge is -2.47. The third-order valence-electron chi connectivity index (χ3n) is 14.2. The number of nitrogens with two attached hydrogens (primary N) is 1. The van der Waals surface area contributed by atoms with E-state index in [9.17, 15) is 9.90 Å². The third-order valence-corrected chi connectivity index (χ3v) is 14.2. The summed E-state index contributed by atoms with van der Waals surface area (Å²) in [5, 5.41) is 10.5. The topological polar surface area (TPSA) is 137 Å². The second kappa shape index (κ2) is 13.8. The Bertz CT molecular complexity index is 1360. The van der Waals surface area contributed by atoms with Crippen molar-refractivity contribution in [3.8, 4) is 0 Å². The molecule has 11 heteroatoms. The van der Waals surface area contributed by atoms with Gasteiger partial charge < -0.3 is 48.7 Å². The first-order valence-corrected chi connectivity index (χ1v) is 20.1. The van der Waals surface area contributed by atoms with Crippen LogP contribution in [0.1, 0.15) is 97.3 Å². The summed E-state index contributed by atoms with van der Waals surface area (Å²) >= 11 is 0. The minimum Gasteiger partial charge on any atom is -0.392 e. The van der Waals surface area contributed by atoms with Crippen molar-refractivity contribution in [2.24, 2.45) is 23.5 Å². The van der Waals surface area contributed by atoms with Crippen LogP contribution in [0, 0.1) is 17.8 Å². The van der Waals surface area contributed by atoms with Gasteiger partial charge in [-0.1, -0.05) is 27.0 Å². The molecule has 0 amide bonds. The Hall–Kier alpha value is -1.25. The van der Waals surface area contributed by atoms with Crippen molar-refractivity contribution in [3.05, 3.63) is 24.3 Å². The molecule has 0 radical (unpaired) electrons. The lowest BCUT2D eigenvalue weighted by molar-refractivity contribution is -0.292. The first-order valence-electron chi connectivity index (χ1n) is 20.1. The molecule has 51 heavy (non-hydrogen) atoms. The van der Waals surface area contributed by atoms with Crippen LogP contribution in [0.3, 0.4) is 0 Å². The molecular formula is C40H59NO10. The number of fused-ring (bicyclic) bond motifs is 6. The standard InChI is InChI=1S/C40H59NO10/c1-19-11-25-5-7-29-20(2)12-27(44-29)9-10-40-17-34-36(50-40)37-38(49-34)39(51-40)35-30(48-37)8-6-26(46-35)13-23(42)14-28-22(4)31(15-24(43)18-41)47-33(28)16-32(45-25)21(19)3/h19,22,24-39,43H,2-3,5-18,41H2,1,4H3/t19-,22-,24+,25+,26?,27+,28-,29?,30?,31-,32?,33+,34+,35+,36?,37+,38-,39+,40+/m1/s1. The third kappa shape index (κ3) is 6.53. The van der Waals surface area contributed by atoms with E-state index in [-0.39, 0.29) is 110 Å². The molecule has 10 fully saturated rings. The maximum Gasteiger partial charge on any atom is 0.172 e. The van der Waals surface area contributed by atoms with Gasteiger partial charge in [0.15, 0.2) is 5.79 Å². The van der Waals surface area contributed by atoms with Gasteiger partial charge in [-0.05, 0) is 73.8 Å². The highest BCUT2D eigenvalue weighted by atomic mass is 16.8. The number of aliphatic hydroxyl groups excluding tert-OH is 1. The van der Waals surface area contributed by atoms with Gasteiger partial charge in [0.05, 0.1) is 61.0 Å². The van der Waals surface area contributed by atoms with Crippen LogP contribution in [0.2, 0.25) is 0 Å². The first kappa shape index (κ1) is 35.5. The number of carbonyl (C=O) groups is 1. The van der Waals surface area contributed by atoms with Gasteiger partial charge in [0.25, 0.3) is 0 Å². The summed E-state index contributed by atoms with van der Waals surface area (Å²) < 4.78 is 54.0. The van der Waals surface area contributed by atoms with Crippen LogP contribution in [-0.2, 0) is 42.7 Å². The molecule has 0 aromatic rings. The van der Waals surface area contributed by atoms with E-state index in [4.69, 9.17) is 43.6 Å². The van der Waals surface area contributed by atoms with Crippen LogP contribution in [0.4, 0.5) is 0 Å². The van der Waals surface area contributed by atoms with E-state index in [1.807, 2.05) is 0 Å². The van der Waals surface area contributed by atoms with Crippen LogP contribution >= 0.6 is 0 Å². The molecule has 0 aromatic heterocycles. The summed E-state index contributed by atoms with van der Waals surface area (Å²) in [6, 6.07) is 0. The number of Topliss-reactive ketones (excluding diaryl/α,β-unsaturated/α-hetero) is 1. The molecule has 19 atom stereocenters. The fraction of sp³-hybridized carbons (Fsp3) is 0.875. The maximum atomic E-state index is 14.0. The molecule has 0 aliphatic carbocycles. The van der Waals surface area contributed by atoms with Crippen molar-refractivity contribution in [1.82, 2.24) is 0 Å². The monoisotopic (exact) mass is 713 g/mol. The molecule has 0 saturated carbocycles. The molecule has 10 aliphatic heterocycles. The van der Waals surface area contributed by atoms with Crippen LogP contribution in [0.5, 0.6) is 0 Å². The fourth-order valence-electron chi connectivity index (χ4n) is 11.3. The van der Waals surface area contributed by atoms with Gasteiger partial charge >= 0.3 is 0 Å². The molecule has 12 bridgehead atoms. The lowest BCUT2D eigenvalue weighted by Crippen LogP contribution is -2.61. The molecule has 10 aliphatic rings. The average molecular weight is 714 g/mol. The number of hydrogen-bond donors (Lipinski definition) is 2. The number of rotatable bonds is 3. The van der Waals surface area contributed by atoms with E-state index in [1.165, 1.54) is 0 Å². The summed E-state index contributed by atoms with van der Waals surface area (Å²) in [5.41, 5.74) is 8.06. The van der Waals surface area contributed by atoms with Gasteiger partial charge in [-0.3, -0.25) is 4.79 Å². The zero-order chi connectivity index (χ0) is 35.2. The number of ether oxygens (including phenoxy) is 8. The lowest BCUT2D eigenvalue weighted by atomic mass is 9.78. The summed E-state index contributed by atoms with van der Waals surface area (Å²) in [5.74, 6) is -0.222. The SMILES string of the molecule is C=C1C[C@@H]2CC[C@@]34C[C@@H]5O[C@H]6[C@@H](O3)[C@H]3OC(CCC3O[C@H]6C5O4)CC(=O)C[C@@H]3[C@@H](C)[C@@H](C[C@H](O)CN)O[C@H]3CC3O[C@@H](CCC1O2)C[C@@H](C)C3=C. The second-order valence-corrected chi connectivity index (χ2v) is 17.6. The number of aliphatic hydroxyl groups is 1. The zero-order valence-electron chi connectivity index (χ0n) is 30.4. The Morgan fingerprint density at radius 3 is 2.35 bits per heavy atom. The van der Waals surface area contributed by atoms with E-state index in [2.05, 4.69) is 27.0 Å². The van der Waals surface area contributed by atoms with Crippen molar-refractivity contribution in [2.45, 2.75) is 195 Å². The van der Waals surface area contributed by atoms with Crippen molar-refractivity contribution < 1.29 is 47.8 Å². The summed E-state index contributed by atoms with van der Waals surface area (Å²) in [6.45, 7) is 13.5. The predicted octanol–water partition coefficient (Wildman–Crippen LogP) is 4.06. The number of ketones is 1. The Labute approximate surface area is 302 Å². The highest BCUT2D eigenvalue weighted by Crippen LogP contribution is 2.54. The summed E-state index contributed by atoms with van der Waals surface area (Å²) in [4.78, 5) is 14.0. The van der Waals surface area contributed by atoms with Crippen LogP contribution in [0.25, 0.3) is 0 Å². The smallest absolute Gasteiger partial charge is 0.172 e. The minimum atomic E-state index is -0.765. The van der Waals surface area contributed by atoms with E-state index in [1.54, 1.807) is 0 Å². The average Bonchev–Trinajstić information content (AvgIpc) is 3.77. The van der Waals surface area contributed by atoms with Gasteiger partial charge in [0.2, 0.25) is 0 Å². The van der Waals surface area contributed by atoms with Gasteiger partial charge in [-0.25, -0.2) is 0 Å². The summed E-state index contributed by atoms with van der Waals surface area (Å²) in [7, 11) is 0. The predicted molar refractivity (Wildman–Crippen MR) is 185 cm³/mol. The second-order valence-electron chi connectivity index (χ2n) is 17.6. The molecular weight excluding hydrogens is 654 g/mol. The van der Waals surface area contributed by atoms with Gasteiger partial charge in [0.1, 0.15) is 36.3 Å². The first-order chi connectivity index (χ1) is 24.6. The van der Waals surface area contributed by atoms with Crippen LogP contribution in [0.15, 0.2) is 24.3 Å². The summed E-state index contributed by atoms with van der Waals surface area (Å²) in [6.07, 6.45) is 6.43. The molecule has 11 nitrogen and oxygen atoms in total. The normalized spacial score (nSPS) is 53.2. The molecule has 3 N–H and O–H groups in total. The van der Waals surface area contributed by atoms with E-state index < -0.39 is 11.9 Å². The van der Waals surface area contributed by atoms with Crippen molar-refractivity contribution in [3.63, 3.8) is 0 Å². The van der Waals surface area contributed by atoms with Gasteiger partial charge in [-0.15, -0.1) is 0 Å². The fourth-order valence-corrected chi connectivity index (χ4v) is 11.3. The molecule has 10 saturated heterocycles. The zero-order valence-corrected chi connectivity index (χ0v) is 30.4. The van der Waals surface area contributed by atoms with E-state index >= 15 is 0 Å². The minimum absolute atomic E-state index is 0.00127. The molecule has 284 valence electrons. The molecule has 10 rings (SSSR count). The van der Waals surface area contributed by atoms with Gasteiger partial charge in [-0.2, -0.15) is 0 Å². The van der Waals surface area contributed by atoms with Gasteiger partial charge in [0, 0.05) is 45.1 Å². The van der Waals surface area contributed by atoms with E-state index in [0.29, 0.717) is 44.4 Å². The number of carbonyl (C=O) groups excluding carboxylic acids is 1. The van der Waals surface area contributed by atoms with Crippen molar-refractivity contribution in [1.29, 1.82) is 0 Å². The Balaban J connectivity index is 0.986. The Kier molecular flexibility index (Phi) is 9.59. The Morgan fingerprint density at radius 2 is 1.51 bits per heavy atom. The van der Waals surface area contributed by atoms with E-state index in [0.717, 1.165) is 56.1 Å². The van der Waals surface area contributed by atoms with Crippen molar-refractivity contribution in [2.75, 3.05) is 6.54 Å². The Morgan fingerprint density at radius 1 is 0.765 bits per heavy atom.